The van der Waals surface area contributed by atoms with E-state index >= 15 is 0 Å². The molecule has 0 aliphatic rings. The molecule has 236 valence electrons. The van der Waals surface area contributed by atoms with E-state index in [9.17, 15) is 8.42 Å². The molecule has 0 aliphatic heterocycles. The van der Waals surface area contributed by atoms with Crippen molar-refractivity contribution in [3.8, 4) is 0 Å². The van der Waals surface area contributed by atoms with Crippen molar-refractivity contribution >= 4 is 10.4 Å². The summed E-state index contributed by atoms with van der Waals surface area (Å²) in [6, 6.07) is 0. The van der Waals surface area contributed by atoms with Gasteiger partial charge in [0.25, 0.3) is 0 Å². The van der Waals surface area contributed by atoms with Gasteiger partial charge in [-0.05, 0) is 18.8 Å². The van der Waals surface area contributed by atoms with Crippen LogP contribution in [0.15, 0.2) is 0 Å². The third kappa shape index (κ3) is 34.0. The molecule has 1 unspecified atom stereocenters. The Morgan fingerprint density at radius 2 is 0.667 bits per heavy atom. The van der Waals surface area contributed by atoms with E-state index in [1.807, 2.05) is 0 Å². The van der Waals surface area contributed by atoms with E-state index in [1.54, 1.807) is 0 Å². The van der Waals surface area contributed by atoms with Crippen LogP contribution in [0.4, 0.5) is 0 Å². The first kappa shape index (κ1) is 38.9. The summed E-state index contributed by atoms with van der Waals surface area (Å²) in [5, 5.41) is 0. The molecular weight excluding hydrogens is 504 g/mol. The molecule has 5 heteroatoms. The third-order valence-electron chi connectivity index (χ3n) is 8.38. The Morgan fingerprint density at radius 1 is 0.436 bits per heavy atom. The van der Waals surface area contributed by atoms with Crippen molar-refractivity contribution in [2.45, 2.75) is 206 Å². The minimum absolute atomic E-state index is 0.135. The van der Waals surface area contributed by atoms with Crippen molar-refractivity contribution in [2.24, 2.45) is 5.92 Å². The molecular formula is C34H70O4S. The lowest BCUT2D eigenvalue weighted by atomic mass is 9.94. The van der Waals surface area contributed by atoms with Gasteiger partial charge in [0.2, 0.25) is 0 Å². The number of hydrogen-bond acceptors (Lipinski definition) is 3. The summed E-state index contributed by atoms with van der Waals surface area (Å²) in [5.41, 5.74) is 0. The molecule has 1 N–H and O–H groups in total. The normalized spacial score (nSPS) is 12.8. The Kier molecular flexibility index (Phi) is 30.7. The molecule has 0 spiro atoms. The zero-order valence-corrected chi connectivity index (χ0v) is 27.4. The van der Waals surface area contributed by atoms with Crippen LogP contribution in [-0.4, -0.2) is 19.6 Å². The highest BCUT2D eigenvalue weighted by atomic mass is 32.3. The number of rotatable bonds is 33. The predicted molar refractivity (Wildman–Crippen MR) is 171 cm³/mol. The van der Waals surface area contributed by atoms with E-state index in [4.69, 9.17) is 8.74 Å². The summed E-state index contributed by atoms with van der Waals surface area (Å²) in [6.45, 7) is 4.69. The highest BCUT2D eigenvalue weighted by Crippen LogP contribution is 2.21. The third-order valence-corrected chi connectivity index (χ3v) is 8.82. The van der Waals surface area contributed by atoms with E-state index in [2.05, 4.69) is 13.8 Å². The van der Waals surface area contributed by atoms with Gasteiger partial charge in [0.1, 0.15) is 0 Å². The highest BCUT2D eigenvalue weighted by molar-refractivity contribution is 7.80. The first-order valence-electron chi connectivity index (χ1n) is 17.6. The van der Waals surface area contributed by atoms with Crippen LogP contribution in [-0.2, 0) is 14.6 Å². The Labute approximate surface area is 246 Å². The van der Waals surface area contributed by atoms with Crippen LogP contribution in [0, 0.1) is 5.92 Å². The van der Waals surface area contributed by atoms with Gasteiger partial charge in [-0.15, -0.1) is 0 Å². The van der Waals surface area contributed by atoms with Crippen molar-refractivity contribution < 1.29 is 17.2 Å². The van der Waals surface area contributed by atoms with Crippen LogP contribution in [0.25, 0.3) is 0 Å². The quantitative estimate of drug-likeness (QED) is 0.0625. The lowest BCUT2D eigenvalue weighted by Crippen LogP contribution is -2.14. The van der Waals surface area contributed by atoms with Gasteiger partial charge in [-0.3, -0.25) is 4.55 Å². The van der Waals surface area contributed by atoms with E-state index < -0.39 is 10.4 Å². The maximum absolute atomic E-state index is 11.1. The largest absolute Gasteiger partial charge is 0.397 e. The van der Waals surface area contributed by atoms with Gasteiger partial charge >= 0.3 is 10.4 Å². The average Bonchev–Trinajstić information content (AvgIpc) is 2.91. The van der Waals surface area contributed by atoms with Gasteiger partial charge in [0.15, 0.2) is 0 Å². The van der Waals surface area contributed by atoms with Crippen LogP contribution in [0.2, 0.25) is 0 Å². The topological polar surface area (TPSA) is 63.6 Å². The fourth-order valence-electron chi connectivity index (χ4n) is 5.75. The lowest BCUT2D eigenvalue weighted by molar-refractivity contribution is 0.204. The number of hydrogen-bond donors (Lipinski definition) is 1. The zero-order chi connectivity index (χ0) is 28.7. The lowest BCUT2D eigenvalue weighted by Gasteiger charge is -2.16. The molecule has 0 heterocycles. The van der Waals surface area contributed by atoms with Crippen molar-refractivity contribution in [3.63, 3.8) is 0 Å². The molecule has 0 radical (unpaired) electrons. The van der Waals surface area contributed by atoms with Crippen LogP contribution < -0.4 is 0 Å². The first-order valence-corrected chi connectivity index (χ1v) is 19.0. The highest BCUT2D eigenvalue weighted by Gasteiger charge is 2.13. The Morgan fingerprint density at radius 3 is 0.897 bits per heavy atom. The fourth-order valence-corrected chi connectivity index (χ4v) is 6.11. The van der Waals surface area contributed by atoms with Crippen molar-refractivity contribution in [3.05, 3.63) is 0 Å². The summed E-state index contributed by atoms with van der Waals surface area (Å²) >= 11 is 0. The van der Waals surface area contributed by atoms with Gasteiger partial charge in [0, 0.05) is 0 Å². The van der Waals surface area contributed by atoms with Gasteiger partial charge in [0.05, 0.1) is 6.61 Å². The average molecular weight is 575 g/mol. The number of unbranched alkanes of at least 4 members (excludes halogenated alkanes) is 26. The smallest absolute Gasteiger partial charge is 0.264 e. The maximum Gasteiger partial charge on any atom is 0.397 e. The Balaban J connectivity index is 3.68. The molecule has 0 aliphatic carbocycles. The summed E-state index contributed by atoms with van der Waals surface area (Å²) in [5.74, 6) is 0.238. The minimum Gasteiger partial charge on any atom is -0.264 e. The second-order valence-electron chi connectivity index (χ2n) is 12.3. The fraction of sp³-hybridized carbons (Fsp3) is 1.00. The molecule has 39 heavy (non-hydrogen) atoms. The van der Waals surface area contributed by atoms with Crippen LogP contribution >= 0.6 is 0 Å². The molecule has 0 aromatic rings. The molecule has 0 saturated carbocycles. The van der Waals surface area contributed by atoms with Crippen LogP contribution in [0.1, 0.15) is 206 Å². The van der Waals surface area contributed by atoms with E-state index in [0.29, 0.717) is 0 Å². The van der Waals surface area contributed by atoms with Gasteiger partial charge in [-0.25, -0.2) is 4.18 Å². The monoisotopic (exact) mass is 574 g/mol. The molecule has 0 amide bonds. The van der Waals surface area contributed by atoms with Crippen molar-refractivity contribution in [1.82, 2.24) is 0 Å². The first-order chi connectivity index (χ1) is 19.0. The standard InChI is InChI=1S/C34H70O4S/c1-3-5-7-9-11-13-15-17-18-20-22-24-26-28-30-32-34(33-38-39(35,36)37)31-29-27-25-23-21-19-16-14-12-10-8-6-4-2/h34H,3-33H2,1-2H3,(H,35,36,37). The van der Waals surface area contributed by atoms with E-state index in [0.717, 1.165) is 25.7 Å². The summed E-state index contributed by atoms with van der Waals surface area (Å²) in [7, 11) is -4.34. The van der Waals surface area contributed by atoms with Crippen molar-refractivity contribution in [2.75, 3.05) is 6.61 Å². The van der Waals surface area contributed by atoms with Gasteiger partial charge < -0.3 is 0 Å². The van der Waals surface area contributed by atoms with Crippen molar-refractivity contribution in [1.29, 1.82) is 0 Å². The Hall–Kier alpha value is -0.130. The molecule has 0 aromatic heterocycles. The summed E-state index contributed by atoms with van der Waals surface area (Å²) < 4.78 is 35.9. The molecule has 4 nitrogen and oxygen atoms in total. The maximum atomic E-state index is 11.1. The molecule has 0 fully saturated rings. The van der Waals surface area contributed by atoms with E-state index in [-0.39, 0.29) is 12.5 Å². The van der Waals surface area contributed by atoms with Crippen LogP contribution in [0.5, 0.6) is 0 Å². The predicted octanol–water partition coefficient (Wildman–Crippen LogP) is 12.2. The van der Waals surface area contributed by atoms with E-state index in [1.165, 1.54) is 167 Å². The van der Waals surface area contributed by atoms with Crippen LogP contribution in [0.3, 0.4) is 0 Å². The Bertz CT molecular complexity index is 564. The molecule has 0 saturated heterocycles. The SMILES string of the molecule is CCCCCCCCCCCCCCCCCC(CCCCCCCCCCCCCCC)COS(=O)(=O)O. The molecule has 1 atom stereocenters. The molecule has 0 bridgehead atoms. The summed E-state index contributed by atoms with van der Waals surface area (Å²) in [4.78, 5) is 0. The molecule has 0 rings (SSSR count). The second-order valence-corrected chi connectivity index (χ2v) is 13.4. The van der Waals surface area contributed by atoms with Gasteiger partial charge in [-0.2, -0.15) is 8.42 Å². The second kappa shape index (κ2) is 30.8. The summed E-state index contributed by atoms with van der Waals surface area (Å²) in [6.07, 6.45) is 39.8. The molecule has 0 aromatic carbocycles. The van der Waals surface area contributed by atoms with Gasteiger partial charge in [-0.1, -0.05) is 194 Å². The minimum atomic E-state index is -4.34. The zero-order valence-electron chi connectivity index (χ0n) is 26.6.